The molecule has 0 unspecified atom stereocenters. The van der Waals surface area contributed by atoms with Crippen LogP contribution in [0.25, 0.3) is 10.9 Å². The number of thiocarbonyl (C=S) groups is 1. The van der Waals surface area contributed by atoms with Gasteiger partial charge >= 0.3 is 0 Å². The number of nitrogens with zero attached hydrogens (tertiary/aromatic N) is 1. The topological polar surface area (TPSA) is 61.3 Å². The van der Waals surface area contributed by atoms with Crippen molar-refractivity contribution in [2.45, 2.75) is 26.4 Å². The summed E-state index contributed by atoms with van der Waals surface area (Å²) in [5, 5.41) is 4.50. The lowest BCUT2D eigenvalue weighted by atomic mass is 10.1. The molecule has 0 bridgehead atoms. The molecule has 2 aromatic carbocycles. The second kappa shape index (κ2) is 9.14. The van der Waals surface area contributed by atoms with Gasteiger partial charge in [0, 0.05) is 16.8 Å². The summed E-state index contributed by atoms with van der Waals surface area (Å²) in [6.45, 7) is 2.76. The van der Waals surface area contributed by atoms with Crippen molar-refractivity contribution in [1.29, 1.82) is 0 Å². The van der Waals surface area contributed by atoms with Crippen LogP contribution in [0.15, 0.2) is 76.1 Å². The van der Waals surface area contributed by atoms with Gasteiger partial charge in [0.05, 0.1) is 19.4 Å². The van der Waals surface area contributed by atoms with Gasteiger partial charge in [0.25, 0.3) is 5.56 Å². The Bertz CT molecular complexity index is 1250. The van der Waals surface area contributed by atoms with Crippen LogP contribution in [0, 0.1) is 5.82 Å². The van der Waals surface area contributed by atoms with E-state index in [4.69, 9.17) is 16.6 Å². The maximum Gasteiger partial charge on any atom is 0.253 e. The zero-order chi connectivity index (χ0) is 21.8. The molecular formula is C24H22FN3O2S. The quantitative estimate of drug-likeness (QED) is 0.407. The van der Waals surface area contributed by atoms with E-state index in [0.29, 0.717) is 28.7 Å². The predicted octanol–water partition coefficient (Wildman–Crippen LogP) is 5.22. The molecule has 2 N–H and O–H groups in total. The minimum Gasteiger partial charge on any atom is -0.467 e. The van der Waals surface area contributed by atoms with E-state index in [9.17, 15) is 9.18 Å². The van der Waals surface area contributed by atoms with Crippen LogP contribution in [0.4, 0.5) is 10.1 Å². The summed E-state index contributed by atoms with van der Waals surface area (Å²) in [4.78, 5) is 17.5. The molecule has 5 nitrogen and oxygen atoms in total. The zero-order valence-corrected chi connectivity index (χ0v) is 17.8. The van der Waals surface area contributed by atoms with Crippen molar-refractivity contribution in [3.8, 4) is 0 Å². The maximum absolute atomic E-state index is 13.2. The molecule has 2 aromatic heterocycles. The molecule has 31 heavy (non-hydrogen) atoms. The Morgan fingerprint density at radius 1 is 1.13 bits per heavy atom. The first kappa shape index (κ1) is 20.8. The van der Waals surface area contributed by atoms with Crippen molar-refractivity contribution in [3.63, 3.8) is 0 Å². The highest BCUT2D eigenvalue weighted by atomic mass is 32.1. The number of aromatic amines is 1. The molecule has 0 saturated heterocycles. The third kappa shape index (κ3) is 5.00. The largest absolute Gasteiger partial charge is 0.467 e. The van der Waals surface area contributed by atoms with E-state index in [-0.39, 0.29) is 17.9 Å². The molecule has 0 aliphatic rings. The van der Waals surface area contributed by atoms with Crippen LogP contribution in [0.1, 0.15) is 23.8 Å². The molecule has 0 atom stereocenters. The number of H-pyrrole nitrogens is 1. The van der Waals surface area contributed by atoms with Crippen molar-refractivity contribution in [2.75, 3.05) is 5.32 Å². The second-order valence-electron chi connectivity index (χ2n) is 7.27. The second-order valence-corrected chi connectivity index (χ2v) is 7.66. The van der Waals surface area contributed by atoms with Gasteiger partial charge in [-0.05, 0) is 84.2 Å². The number of rotatable bonds is 6. The first-order valence-electron chi connectivity index (χ1n) is 10.0. The molecule has 158 valence electrons. The Labute approximate surface area is 184 Å². The minimum atomic E-state index is -0.321. The Kier molecular flexibility index (Phi) is 6.13. The maximum atomic E-state index is 13.2. The molecule has 4 rings (SSSR count). The van der Waals surface area contributed by atoms with Crippen LogP contribution in [-0.4, -0.2) is 15.0 Å². The number of halogens is 1. The summed E-state index contributed by atoms with van der Waals surface area (Å²) in [5.41, 5.74) is 3.10. The predicted molar refractivity (Wildman–Crippen MR) is 125 cm³/mol. The third-order valence-electron chi connectivity index (χ3n) is 5.06. The van der Waals surface area contributed by atoms with Gasteiger partial charge in [0.2, 0.25) is 0 Å². The van der Waals surface area contributed by atoms with Crippen LogP contribution < -0.4 is 10.9 Å². The van der Waals surface area contributed by atoms with E-state index in [1.165, 1.54) is 17.7 Å². The number of hydrogen-bond acceptors (Lipinski definition) is 3. The van der Waals surface area contributed by atoms with Gasteiger partial charge in [0.1, 0.15) is 11.6 Å². The van der Waals surface area contributed by atoms with Gasteiger partial charge in [-0.1, -0.05) is 13.0 Å². The number of furan rings is 1. The molecule has 0 radical (unpaired) electrons. The summed E-state index contributed by atoms with van der Waals surface area (Å²) in [6, 6.07) is 17.5. The van der Waals surface area contributed by atoms with Gasteiger partial charge in [-0.25, -0.2) is 4.39 Å². The summed E-state index contributed by atoms with van der Waals surface area (Å²) in [6.07, 6.45) is 2.51. The third-order valence-corrected chi connectivity index (χ3v) is 5.42. The van der Waals surface area contributed by atoms with Crippen molar-refractivity contribution in [2.24, 2.45) is 0 Å². The molecule has 0 aliphatic carbocycles. The van der Waals surface area contributed by atoms with E-state index >= 15 is 0 Å². The average molecular weight is 436 g/mol. The standard InChI is InChI=1S/C24H22FN3O2S/c1-2-16-5-10-22-17(12-16)13-18(23(29)27-22)14-28(15-21-4-3-11-30-21)24(31)26-20-8-6-19(25)7-9-20/h3-13H,2,14-15H2,1H3,(H,26,31)(H,27,29). The first-order chi connectivity index (χ1) is 15.0. The summed E-state index contributed by atoms with van der Waals surface area (Å²) in [5.74, 6) is 0.395. The smallest absolute Gasteiger partial charge is 0.253 e. The van der Waals surface area contributed by atoms with E-state index in [1.54, 1.807) is 24.5 Å². The van der Waals surface area contributed by atoms with Crippen molar-refractivity contribution in [1.82, 2.24) is 9.88 Å². The number of benzene rings is 2. The number of hydrogen-bond donors (Lipinski definition) is 2. The monoisotopic (exact) mass is 435 g/mol. The summed E-state index contributed by atoms with van der Waals surface area (Å²) >= 11 is 5.61. The molecule has 0 amide bonds. The van der Waals surface area contributed by atoms with Crippen molar-refractivity contribution < 1.29 is 8.81 Å². The summed E-state index contributed by atoms with van der Waals surface area (Å²) in [7, 11) is 0. The Morgan fingerprint density at radius 3 is 2.65 bits per heavy atom. The number of fused-ring (bicyclic) bond motifs is 1. The van der Waals surface area contributed by atoms with Crippen LogP contribution in [0.2, 0.25) is 0 Å². The van der Waals surface area contributed by atoms with Crippen LogP contribution in [0.5, 0.6) is 0 Å². The first-order valence-corrected chi connectivity index (χ1v) is 10.4. The zero-order valence-electron chi connectivity index (χ0n) is 17.0. The van der Waals surface area contributed by atoms with Gasteiger partial charge in [0.15, 0.2) is 5.11 Å². The highest BCUT2D eigenvalue weighted by Gasteiger charge is 2.16. The van der Waals surface area contributed by atoms with Crippen molar-refractivity contribution in [3.05, 3.63) is 100.0 Å². The minimum absolute atomic E-state index is 0.161. The fraction of sp³-hybridized carbons (Fsp3) is 0.167. The van der Waals surface area contributed by atoms with Gasteiger partial charge in [-0.2, -0.15) is 0 Å². The molecule has 0 spiro atoms. The summed E-state index contributed by atoms with van der Waals surface area (Å²) < 4.78 is 18.7. The molecular weight excluding hydrogens is 413 g/mol. The normalized spacial score (nSPS) is 10.9. The molecule has 2 heterocycles. The number of pyridine rings is 1. The van der Waals surface area contributed by atoms with Crippen LogP contribution >= 0.6 is 12.2 Å². The Morgan fingerprint density at radius 2 is 1.94 bits per heavy atom. The molecule has 4 aromatic rings. The van der Waals surface area contributed by atoms with E-state index < -0.39 is 0 Å². The molecule has 0 aliphatic heterocycles. The highest BCUT2D eigenvalue weighted by Crippen LogP contribution is 2.17. The number of aryl methyl sites for hydroxylation is 1. The van der Waals surface area contributed by atoms with Gasteiger partial charge in [-0.3, -0.25) is 4.79 Å². The molecule has 7 heteroatoms. The number of aromatic nitrogens is 1. The highest BCUT2D eigenvalue weighted by molar-refractivity contribution is 7.80. The van der Waals surface area contributed by atoms with E-state index in [0.717, 1.165) is 17.3 Å². The fourth-order valence-electron chi connectivity index (χ4n) is 3.37. The lowest BCUT2D eigenvalue weighted by molar-refractivity contribution is 0.359. The lowest BCUT2D eigenvalue weighted by Gasteiger charge is -2.25. The van der Waals surface area contributed by atoms with Gasteiger partial charge in [-0.15, -0.1) is 0 Å². The van der Waals surface area contributed by atoms with Crippen molar-refractivity contribution >= 4 is 33.9 Å². The number of anilines is 1. The molecule has 0 saturated carbocycles. The molecule has 0 fully saturated rings. The SMILES string of the molecule is CCc1ccc2[nH]c(=O)c(CN(Cc3ccco3)C(=S)Nc3ccc(F)cc3)cc2c1. The van der Waals surface area contributed by atoms with Gasteiger partial charge < -0.3 is 19.6 Å². The van der Waals surface area contributed by atoms with E-state index in [2.05, 4.69) is 23.3 Å². The fourth-order valence-corrected chi connectivity index (χ4v) is 3.62. The lowest BCUT2D eigenvalue weighted by Crippen LogP contribution is -2.35. The average Bonchev–Trinajstić information content (AvgIpc) is 3.28. The van der Waals surface area contributed by atoms with E-state index in [1.807, 2.05) is 29.2 Å². The Hall–Kier alpha value is -3.45. The number of nitrogens with one attached hydrogen (secondary N) is 2. The van der Waals surface area contributed by atoms with Crippen LogP contribution in [0.3, 0.4) is 0 Å². The Balaban J connectivity index is 1.63. The van der Waals surface area contributed by atoms with Crippen LogP contribution in [-0.2, 0) is 19.5 Å².